The molecule has 0 bridgehead atoms. The normalized spacial score (nSPS) is 21.4. The molecule has 0 amide bonds. The van der Waals surface area contributed by atoms with Crippen LogP contribution in [0.5, 0.6) is 5.75 Å². The van der Waals surface area contributed by atoms with Crippen molar-refractivity contribution in [1.29, 1.82) is 0 Å². The number of benzene rings is 1. The lowest BCUT2D eigenvalue weighted by molar-refractivity contribution is -0.183. The van der Waals surface area contributed by atoms with E-state index in [0.29, 0.717) is 16.7 Å². The van der Waals surface area contributed by atoms with Crippen molar-refractivity contribution in [2.24, 2.45) is 10.7 Å². The third-order valence-corrected chi connectivity index (χ3v) is 8.62. The van der Waals surface area contributed by atoms with E-state index in [4.69, 9.17) is 10.5 Å². The van der Waals surface area contributed by atoms with Gasteiger partial charge >= 0.3 is 6.18 Å². The van der Waals surface area contributed by atoms with E-state index in [2.05, 4.69) is 20.3 Å². The molecular weight excluding hydrogens is 490 g/mol. The van der Waals surface area contributed by atoms with Gasteiger partial charge in [-0.2, -0.15) is 13.2 Å². The molecule has 3 heterocycles. The van der Waals surface area contributed by atoms with Crippen LogP contribution in [-0.4, -0.2) is 48.0 Å². The van der Waals surface area contributed by atoms with Gasteiger partial charge in [0.25, 0.3) is 0 Å². The molecule has 13 heteroatoms. The number of aromatic nitrogens is 2. The molecule has 0 aliphatic carbocycles. The first kappa shape index (κ1) is 24.6. The van der Waals surface area contributed by atoms with Crippen LogP contribution in [0.25, 0.3) is 10.9 Å². The van der Waals surface area contributed by atoms with E-state index in [1.165, 1.54) is 25.6 Å². The van der Waals surface area contributed by atoms with Crippen LogP contribution in [0.2, 0.25) is 0 Å². The minimum atomic E-state index is -5.27. The first-order chi connectivity index (χ1) is 16.2. The van der Waals surface area contributed by atoms with Gasteiger partial charge in [-0.25, -0.2) is 27.8 Å². The van der Waals surface area contributed by atoms with Gasteiger partial charge in [0.2, 0.25) is 0 Å². The molecule has 1 atom stereocenters. The Balaban J connectivity index is 1.87. The van der Waals surface area contributed by atoms with E-state index < -0.39 is 49.3 Å². The van der Waals surface area contributed by atoms with Gasteiger partial charge in [-0.1, -0.05) is 0 Å². The lowest BCUT2D eigenvalue weighted by Crippen LogP contribution is -2.60. The number of nitrogens with two attached hydrogens (primary N) is 1. The Morgan fingerprint density at radius 1 is 1.14 bits per heavy atom. The topological polar surface area (TPSA) is 120 Å². The van der Waals surface area contributed by atoms with E-state index in [9.17, 15) is 26.0 Å². The van der Waals surface area contributed by atoms with Gasteiger partial charge in [0.15, 0.2) is 21.2 Å². The largest absolute Gasteiger partial charge is 0.495 e. The van der Waals surface area contributed by atoms with E-state index in [0.717, 1.165) is 26.0 Å². The average molecular weight is 512 g/mol. The summed E-state index contributed by atoms with van der Waals surface area (Å²) in [5, 5.41) is 3.46. The number of anilines is 2. The Hall–Kier alpha value is -3.48. The fourth-order valence-electron chi connectivity index (χ4n) is 3.72. The summed E-state index contributed by atoms with van der Waals surface area (Å²) in [6.45, 7) is 2.31. The van der Waals surface area contributed by atoms with Crippen LogP contribution in [0.4, 0.5) is 29.1 Å². The van der Waals surface area contributed by atoms with Crippen LogP contribution in [0.3, 0.4) is 0 Å². The summed E-state index contributed by atoms with van der Waals surface area (Å²) in [5.41, 5.74) is 1.69. The lowest BCUT2D eigenvalue weighted by Gasteiger charge is -2.40. The van der Waals surface area contributed by atoms with Crippen molar-refractivity contribution in [2.45, 2.75) is 30.3 Å². The summed E-state index contributed by atoms with van der Waals surface area (Å²) in [4.78, 5) is 12.0. The Morgan fingerprint density at radius 3 is 2.49 bits per heavy atom. The second-order valence-corrected chi connectivity index (χ2v) is 11.1. The molecule has 1 aromatic carbocycles. The number of alkyl halides is 3. The molecule has 3 aromatic rings. The smallest absolute Gasteiger partial charge is 0.418 e. The number of amidine groups is 1. The molecule has 35 heavy (non-hydrogen) atoms. The van der Waals surface area contributed by atoms with Crippen molar-refractivity contribution in [3.63, 3.8) is 0 Å². The van der Waals surface area contributed by atoms with Crippen LogP contribution in [0.1, 0.15) is 19.4 Å². The number of methoxy groups -OCH3 is 1. The van der Waals surface area contributed by atoms with Crippen molar-refractivity contribution in [2.75, 3.05) is 18.2 Å². The molecule has 1 aliphatic rings. The molecular formula is C22H21F4N5O3S. The van der Waals surface area contributed by atoms with Crippen molar-refractivity contribution in [3.8, 4) is 5.75 Å². The molecule has 0 radical (unpaired) electrons. The highest BCUT2D eigenvalue weighted by molar-refractivity contribution is 7.93. The average Bonchev–Trinajstić information content (AvgIpc) is 2.77. The van der Waals surface area contributed by atoms with Crippen molar-refractivity contribution >= 4 is 38.1 Å². The first-order valence-electron chi connectivity index (χ1n) is 10.2. The van der Waals surface area contributed by atoms with Gasteiger partial charge in [0.05, 0.1) is 19.1 Å². The van der Waals surface area contributed by atoms with E-state index in [1.807, 2.05) is 0 Å². The Bertz CT molecular complexity index is 1460. The molecule has 186 valence electrons. The predicted molar refractivity (Wildman–Crippen MR) is 123 cm³/mol. The van der Waals surface area contributed by atoms with Gasteiger partial charge in [-0.15, -0.1) is 0 Å². The number of hydrogen-bond acceptors (Lipinski definition) is 8. The SMILES string of the molecule is COc1cnc2c(Nc3ccc(F)c([C@]4(C(F)(F)F)CS(=O)(=O)C(C)(C)C(N)=N4)c3)nccc2c1. The molecule has 0 saturated carbocycles. The monoisotopic (exact) mass is 511 g/mol. The van der Waals surface area contributed by atoms with Gasteiger partial charge in [-0.3, -0.25) is 0 Å². The number of ether oxygens (including phenoxy) is 1. The number of aliphatic imine (C=N–C) groups is 1. The van der Waals surface area contributed by atoms with Crippen molar-refractivity contribution in [1.82, 2.24) is 9.97 Å². The summed E-state index contributed by atoms with van der Waals surface area (Å²) >= 11 is 0. The standard InChI is InChI=1S/C22H21F4N5O3S/c1-20(2)19(27)31-21(22(24,25)26,11-35(20,32)33)15-9-13(4-5-16(15)23)30-18-17-12(6-7-28-18)8-14(34-3)10-29-17/h4-10H,11H2,1-3H3,(H2,27,31)(H,28,30)/t21-/m0/s1. The zero-order valence-electron chi connectivity index (χ0n) is 18.8. The molecule has 8 nitrogen and oxygen atoms in total. The van der Waals surface area contributed by atoms with Crippen LogP contribution in [0.15, 0.2) is 47.7 Å². The maximum absolute atomic E-state index is 14.9. The molecule has 1 aliphatic heterocycles. The molecule has 0 fully saturated rings. The Labute approximate surface area is 198 Å². The minimum absolute atomic E-state index is 0.0126. The Morgan fingerprint density at radius 2 is 1.86 bits per heavy atom. The summed E-state index contributed by atoms with van der Waals surface area (Å²) < 4.78 is 87.1. The minimum Gasteiger partial charge on any atom is -0.495 e. The number of nitrogens with zero attached hydrogens (tertiary/aromatic N) is 3. The van der Waals surface area contributed by atoms with E-state index >= 15 is 0 Å². The van der Waals surface area contributed by atoms with Gasteiger partial charge < -0.3 is 15.8 Å². The molecule has 3 N–H and O–H groups in total. The van der Waals surface area contributed by atoms with Crippen molar-refractivity contribution in [3.05, 3.63) is 54.1 Å². The van der Waals surface area contributed by atoms with Crippen LogP contribution < -0.4 is 15.8 Å². The number of hydrogen-bond donors (Lipinski definition) is 2. The number of rotatable bonds is 4. The number of fused-ring (bicyclic) bond motifs is 1. The summed E-state index contributed by atoms with van der Waals surface area (Å²) in [6.07, 6.45) is -2.37. The molecule has 4 rings (SSSR count). The van der Waals surface area contributed by atoms with Crippen LogP contribution in [-0.2, 0) is 15.4 Å². The second-order valence-electron chi connectivity index (χ2n) is 8.55. The summed E-state index contributed by atoms with van der Waals surface area (Å²) in [6, 6.07) is 6.20. The number of sulfone groups is 1. The highest BCUT2D eigenvalue weighted by atomic mass is 32.2. The Kier molecular flexibility index (Phi) is 5.66. The maximum Gasteiger partial charge on any atom is 0.418 e. The maximum atomic E-state index is 14.9. The molecule has 0 saturated heterocycles. The van der Waals surface area contributed by atoms with Crippen molar-refractivity contribution < 1.29 is 30.7 Å². The highest BCUT2D eigenvalue weighted by Gasteiger charge is 2.64. The fourth-order valence-corrected chi connectivity index (χ4v) is 5.38. The zero-order chi connectivity index (χ0) is 25.8. The van der Waals surface area contributed by atoms with Crippen LogP contribution >= 0.6 is 0 Å². The zero-order valence-corrected chi connectivity index (χ0v) is 19.6. The first-order valence-corrected chi connectivity index (χ1v) is 11.9. The van der Waals surface area contributed by atoms with E-state index in [-0.39, 0.29) is 11.5 Å². The third-order valence-electron chi connectivity index (χ3n) is 6.06. The predicted octanol–water partition coefficient (Wildman–Crippen LogP) is 3.84. The third kappa shape index (κ3) is 3.93. The number of halogens is 4. The summed E-state index contributed by atoms with van der Waals surface area (Å²) in [7, 11) is -3.00. The lowest BCUT2D eigenvalue weighted by atomic mass is 9.89. The molecule has 0 spiro atoms. The molecule has 2 aromatic heterocycles. The van der Waals surface area contributed by atoms with E-state index in [1.54, 1.807) is 12.1 Å². The summed E-state index contributed by atoms with van der Waals surface area (Å²) in [5.74, 6) is -2.86. The second kappa shape index (κ2) is 8.04. The quantitative estimate of drug-likeness (QED) is 0.511. The fraction of sp³-hybridized carbons (Fsp3) is 0.318. The molecule has 0 unspecified atom stereocenters. The number of nitrogens with one attached hydrogen (secondary N) is 1. The highest BCUT2D eigenvalue weighted by Crippen LogP contribution is 2.49. The van der Waals surface area contributed by atoms with Gasteiger partial charge in [0, 0.05) is 22.8 Å². The van der Waals surface area contributed by atoms with Crippen LogP contribution in [0, 0.1) is 5.82 Å². The van der Waals surface area contributed by atoms with Gasteiger partial charge in [0.1, 0.15) is 27.7 Å². The van der Waals surface area contributed by atoms with Gasteiger partial charge in [-0.05, 0) is 44.2 Å². The number of pyridine rings is 2.